The van der Waals surface area contributed by atoms with E-state index in [4.69, 9.17) is 0 Å². The molecule has 0 aliphatic heterocycles. The van der Waals surface area contributed by atoms with Gasteiger partial charge >= 0.3 is 0 Å². The molecule has 2 aromatic heterocycles. The first-order valence-corrected chi connectivity index (χ1v) is 9.50. The minimum atomic E-state index is -0.575. The van der Waals surface area contributed by atoms with E-state index in [1.807, 2.05) is 12.1 Å². The minimum Gasteiger partial charge on any atom is -0.347 e. The summed E-state index contributed by atoms with van der Waals surface area (Å²) < 4.78 is 13.8. The van der Waals surface area contributed by atoms with Crippen molar-refractivity contribution >= 4 is 16.8 Å². The quantitative estimate of drug-likeness (QED) is 0.712. The van der Waals surface area contributed by atoms with Gasteiger partial charge in [0.2, 0.25) is 5.43 Å². The molecule has 2 heterocycles. The van der Waals surface area contributed by atoms with Crippen LogP contribution in [0.1, 0.15) is 41.7 Å². The average molecular weight is 380 g/mol. The molecule has 7 heteroatoms. The van der Waals surface area contributed by atoms with Gasteiger partial charge in [-0.15, -0.1) is 0 Å². The first-order chi connectivity index (χ1) is 13.6. The van der Waals surface area contributed by atoms with Crippen LogP contribution in [0.15, 0.2) is 47.5 Å². The molecule has 1 aliphatic rings. The Morgan fingerprint density at radius 2 is 2.07 bits per heavy atom. The number of pyridine rings is 1. The second-order valence-electron chi connectivity index (χ2n) is 7.25. The van der Waals surface area contributed by atoms with E-state index in [1.165, 1.54) is 18.2 Å². The van der Waals surface area contributed by atoms with E-state index in [0.717, 1.165) is 31.2 Å². The number of aromatic nitrogens is 3. The Morgan fingerprint density at radius 1 is 1.25 bits per heavy atom. The number of nitrogens with one attached hydrogen (secondary N) is 2. The maximum Gasteiger partial charge on any atom is 0.276 e. The lowest BCUT2D eigenvalue weighted by atomic mass is 9.92. The van der Waals surface area contributed by atoms with E-state index in [0.29, 0.717) is 12.3 Å². The van der Waals surface area contributed by atoms with Crippen LogP contribution in [0, 0.1) is 11.7 Å². The number of H-pyrrole nitrogens is 1. The van der Waals surface area contributed by atoms with Gasteiger partial charge in [-0.2, -0.15) is 5.10 Å². The van der Waals surface area contributed by atoms with Gasteiger partial charge in [-0.25, -0.2) is 4.39 Å². The van der Waals surface area contributed by atoms with Crippen molar-refractivity contribution in [1.82, 2.24) is 20.5 Å². The van der Waals surface area contributed by atoms with Crippen molar-refractivity contribution in [1.29, 1.82) is 0 Å². The zero-order chi connectivity index (χ0) is 19.5. The fourth-order valence-corrected chi connectivity index (χ4v) is 3.98. The molecular formula is C21H21FN4O2. The summed E-state index contributed by atoms with van der Waals surface area (Å²) in [6.45, 7) is 0. The summed E-state index contributed by atoms with van der Waals surface area (Å²) in [4.78, 5) is 29.7. The van der Waals surface area contributed by atoms with Crippen LogP contribution in [-0.4, -0.2) is 27.1 Å². The molecule has 1 unspecified atom stereocenters. The summed E-state index contributed by atoms with van der Waals surface area (Å²) in [5.74, 6) is -0.760. The van der Waals surface area contributed by atoms with Crippen LogP contribution in [0.3, 0.4) is 0 Å². The lowest BCUT2D eigenvalue weighted by Crippen LogP contribution is -2.43. The predicted molar refractivity (Wildman–Crippen MR) is 103 cm³/mol. The van der Waals surface area contributed by atoms with Gasteiger partial charge in [0.05, 0.1) is 5.39 Å². The van der Waals surface area contributed by atoms with Crippen molar-refractivity contribution in [3.8, 4) is 0 Å². The molecule has 1 aromatic carbocycles. The van der Waals surface area contributed by atoms with Gasteiger partial charge in [-0.05, 0) is 48.9 Å². The van der Waals surface area contributed by atoms with Crippen molar-refractivity contribution in [2.45, 2.75) is 38.1 Å². The zero-order valence-electron chi connectivity index (χ0n) is 15.3. The SMILES string of the molecule is O=C(NC(Cc1cccnc1)C1CCCC1)c1n[nH]c2c(F)cccc2c1=O. The largest absolute Gasteiger partial charge is 0.347 e. The third-order valence-corrected chi connectivity index (χ3v) is 5.43. The maximum absolute atomic E-state index is 13.8. The standard InChI is InChI=1S/C21H21FN4O2/c22-16-9-3-8-15-18(16)25-26-19(20(15)27)21(28)24-17(14-6-1-2-7-14)11-13-5-4-10-23-12-13/h3-5,8-10,12,14,17H,1-2,6-7,11H2,(H,24,28)(H,25,27). The summed E-state index contributed by atoms with van der Waals surface area (Å²) in [5.41, 5.74) is 0.221. The second kappa shape index (κ2) is 7.88. The molecule has 1 amide bonds. The fraction of sp³-hybridized carbons (Fsp3) is 0.333. The van der Waals surface area contributed by atoms with Crippen LogP contribution in [0.2, 0.25) is 0 Å². The molecule has 3 aromatic rings. The Balaban J connectivity index is 1.61. The molecule has 1 saturated carbocycles. The normalized spacial score (nSPS) is 15.6. The zero-order valence-corrected chi connectivity index (χ0v) is 15.3. The van der Waals surface area contributed by atoms with Crippen LogP contribution in [0.4, 0.5) is 4.39 Å². The van der Waals surface area contributed by atoms with Crippen molar-refractivity contribution in [2.75, 3.05) is 0 Å². The molecule has 6 nitrogen and oxygen atoms in total. The molecule has 1 aliphatic carbocycles. The summed E-state index contributed by atoms with van der Waals surface area (Å²) in [7, 11) is 0. The van der Waals surface area contributed by atoms with Crippen LogP contribution in [0.25, 0.3) is 10.9 Å². The van der Waals surface area contributed by atoms with Gasteiger partial charge in [0.1, 0.15) is 11.3 Å². The molecule has 2 N–H and O–H groups in total. The number of para-hydroxylation sites is 1. The number of benzene rings is 1. The molecule has 1 fully saturated rings. The average Bonchev–Trinajstić information content (AvgIpc) is 3.24. The Morgan fingerprint density at radius 3 is 2.82 bits per heavy atom. The van der Waals surface area contributed by atoms with Gasteiger partial charge in [-0.3, -0.25) is 19.7 Å². The Hall–Kier alpha value is -3.09. The number of carbonyl (C=O) groups excluding carboxylic acids is 1. The van der Waals surface area contributed by atoms with Gasteiger partial charge in [-0.1, -0.05) is 25.0 Å². The second-order valence-corrected chi connectivity index (χ2v) is 7.25. The number of halogens is 1. The highest BCUT2D eigenvalue weighted by Crippen LogP contribution is 2.29. The fourth-order valence-electron chi connectivity index (χ4n) is 3.98. The van der Waals surface area contributed by atoms with Crippen molar-refractivity contribution in [3.05, 3.63) is 70.0 Å². The highest BCUT2D eigenvalue weighted by atomic mass is 19.1. The maximum atomic E-state index is 13.8. The lowest BCUT2D eigenvalue weighted by molar-refractivity contribution is 0.0915. The Bertz CT molecular complexity index is 1050. The van der Waals surface area contributed by atoms with Crippen LogP contribution in [-0.2, 0) is 6.42 Å². The molecule has 144 valence electrons. The summed E-state index contributed by atoms with van der Waals surface area (Å²) in [5, 5.41) is 9.47. The number of rotatable bonds is 5. The van der Waals surface area contributed by atoms with E-state index >= 15 is 0 Å². The highest BCUT2D eigenvalue weighted by molar-refractivity contribution is 5.95. The van der Waals surface area contributed by atoms with Crippen LogP contribution >= 0.6 is 0 Å². The van der Waals surface area contributed by atoms with E-state index in [2.05, 4.69) is 20.5 Å². The molecule has 1 atom stereocenters. The number of hydrogen-bond donors (Lipinski definition) is 2. The number of hydrogen-bond acceptors (Lipinski definition) is 4. The van der Waals surface area contributed by atoms with Gasteiger partial charge in [0.15, 0.2) is 5.69 Å². The molecule has 0 radical (unpaired) electrons. The number of fused-ring (bicyclic) bond motifs is 1. The van der Waals surface area contributed by atoms with Gasteiger partial charge in [0.25, 0.3) is 5.91 Å². The molecule has 28 heavy (non-hydrogen) atoms. The number of aromatic amines is 1. The van der Waals surface area contributed by atoms with E-state index in [9.17, 15) is 14.0 Å². The molecule has 0 saturated heterocycles. The monoisotopic (exact) mass is 380 g/mol. The first kappa shape index (κ1) is 18.3. The van der Waals surface area contributed by atoms with Crippen molar-refractivity contribution in [3.63, 3.8) is 0 Å². The Labute approximate surface area is 161 Å². The molecular weight excluding hydrogens is 359 g/mol. The highest BCUT2D eigenvalue weighted by Gasteiger charge is 2.28. The third-order valence-electron chi connectivity index (χ3n) is 5.43. The molecule has 4 rings (SSSR count). The predicted octanol–water partition coefficient (Wildman–Crippen LogP) is 2.99. The lowest BCUT2D eigenvalue weighted by Gasteiger charge is -2.24. The van der Waals surface area contributed by atoms with Crippen LogP contribution < -0.4 is 10.7 Å². The summed E-state index contributed by atoms with van der Waals surface area (Å²) >= 11 is 0. The molecule has 0 spiro atoms. The number of amides is 1. The third kappa shape index (κ3) is 3.65. The van der Waals surface area contributed by atoms with Crippen LogP contribution in [0.5, 0.6) is 0 Å². The van der Waals surface area contributed by atoms with E-state index in [-0.39, 0.29) is 22.6 Å². The van der Waals surface area contributed by atoms with E-state index in [1.54, 1.807) is 12.4 Å². The Kier molecular flexibility index (Phi) is 5.14. The number of carbonyl (C=O) groups is 1. The summed E-state index contributed by atoms with van der Waals surface area (Å²) in [6.07, 6.45) is 8.50. The first-order valence-electron chi connectivity index (χ1n) is 9.50. The minimum absolute atomic E-state index is 0.00625. The van der Waals surface area contributed by atoms with Gasteiger partial charge in [0, 0.05) is 18.4 Å². The van der Waals surface area contributed by atoms with Gasteiger partial charge < -0.3 is 5.32 Å². The topological polar surface area (TPSA) is 87.7 Å². The van der Waals surface area contributed by atoms with E-state index < -0.39 is 17.2 Å². The van der Waals surface area contributed by atoms with Crippen molar-refractivity contribution < 1.29 is 9.18 Å². The number of nitrogens with zero attached hydrogens (tertiary/aromatic N) is 2. The smallest absolute Gasteiger partial charge is 0.276 e. The molecule has 0 bridgehead atoms. The van der Waals surface area contributed by atoms with Crippen molar-refractivity contribution in [2.24, 2.45) is 5.92 Å². The summed E-state index contributed by atoms with van der Waals surface area (Å²) in [6, 6.07) is 7.91.